The molecule has 2 nitrogen and oxygen atoms in total. The van der Waals surface area contributed by atoms with Crippen LogP contribution >= 0.6 is 0 Å². The molecule has 0 aromatic rings. The Morgan fingerprint density at radius 1 is 1.36 bits per heavy atom. The van der Waals surface area contributed by atoms with E-state index >= 15 is 0 Å². The predicted molar refractivity (Wildman–Crippen MR) is 46.1 cm³/mol. The Labute approximate surface area is 68.3 Å². The van der Waals surface area contributed by atoms with Gasteiger partial charge in [-0.1, -0.05) is 31.3 Å². The number of hydrogen-bond donors (Lipinski definition) is 1. The van der Waals surface area contributed by atoms with E-state index < -0.39 is 0 Å². The van der Waals surface area contributed by atoms with Crippen molar-refractivity contribution in [2.75, 3.05) is 0 Å². The van der Waals surface area contributed by atoms with Crippen LogP contribution in [0.3, 0.4) is 0 Å². The standard InChI is InChI=1S/C9H17NO/c1-2-9(10-11)8-6-4-3-5-7-8/h8,11H,2-7H2,1H3. The summed E-state index contributed by atoms with van der Waals surface area (Å²) in [6.45, 7) is 2.06. The van der Waals surface area contributed by atoms with Gasteiger partial charge in [-0.05, 0) is 19.3 Å². The van der Waals surface area contributed by atoms with Gasteiger partial charge in [-0.15, -0.1) is 0 Å². The molecule has 0 spiro atoms. The van der Waals surface area contributed by atoms with E-state index in [9.17, 15) is 0 Å². The van der Waals surface area contributed by atoms with Gasteiger partial charge in [0.1, 0.15) is 0 Å². The van der Waals surface area contributed by atoms with Gasteiger partial charge < -0.3 is 5.21 Å². The number of oxime groups is 1. The highest BCUT2D eigenvalue weighted by Crippen LogP contribution is 2.25. The van der Waals surface area contributed by atoms with Crippen LogP contribution in [0.5, 0.6) is 0 Å². The van der Waals surface area contributed by atoms with Crippen molar-refractivity contribution in [3.05, 3.63) is 0 Å². The third-order valence-electron chi connectivity index (χ3n) is 2.57. The summed E-state index contributed by atoms with van der Waals surface area (Å²) < 4.78 is 0. The van der Waals surface area contributed by atoms with E-state index in [0.29, 0.717) is 5.92 Å². The van der Waals surface area contributed by atoms with Crippen LogP contribution in [-0.4, -0.2) is 10.9 Å². The maximum Gasteiger partial charge on any atom is 0.0598 e. The van der Waals surface area contributed by atoms with E-state index in [2.05, 4.69) is 12.1 Å². The van der Waals surface area contributed by atoms with E-state index in [0.717, 1.165) is 12.1 Å². The van der Waals surface area contributed by atoms with Gasteiger partial charge in [-0.3, -0.25) is 0 Å². The Morgan fingerprint density at radius 2 is 2.00 bits per heavy atom. The fraction of sp³-hybridized carbons (Fsp3) is 0.889. The van der Waals surface area contributed by atoms with Crippen LogP contribution in [0.15, 0.2) is 5.16 Å². The second-order valence-corrected chi connectivity index (χ2v) is 3.28. The maximum atomic E-state index is 8.67. The number of hydrogen-bond acceptors (Lipinski definition) is 2. The molecule has 0 heterocycles. The summed E-state index contributed by atoms with van der Waals surface area (Å²) in [5, 5.41) is 12.0. The van der Waals surface area contributed by atoms with Crippen LogP contribution in [0.2, 0.25) is 0 Å². The summed E-state index contributed by atoms with van der Waals surface area (Å²) in [4.78, 5) is 0. The van der Waals surface area contributed by atoms with Gasteiger partial charge in [0, 0.05) is 5.92 Å². The summed E-state index contributed by atoms with van der Waals surface area (Å²) in [6.07, 6.45) is 7.34. The van der Waals surface area contributed by atoms with Gasteiger partial charge in [0.2, 0.25) is 0 Å². The van der Waals surface area contributed by atoms with E-state index in [4.69, 9.17) is 5.21 Å². The van der Waals surface area contributed by atoms with Crippen LogP contribution in [-0.2, 0) is 0 Å². The normalized spacial score (nSPS) is 22.1. The zero-order chi connectivity index (χ0) is 8.10. The first-order chi connectivity index (χ1) is 5.38. The molecule has 0 bridgehead atoms. The molecular formula is C9H17NO. The first-order valence-corrected chi connectivity index (χ1v) is 4.59. The van der Waals surface area contributed by atoms with Crippen LogP contribution in [0.25, 0.3) is 0 Å². The molecular weight excluding hydrogens is 138 g/mol. The molecule has 0 unspecified atom stereocenters. The molecule has 1 aliphatic rings. The molecule has 11 heavy (non-hydrogen) atoms. The first-order valence-electron chi connectivity index (χ1n) is 4.59. The molecule has 0 atom stereocenters. The van der Waals surface area contributed by atoms with Gasteiger partial charge in [0.25, 0.3) is 0 Å². The van der Waals surface area contributed by atoms with E-state index in [1.54, 1.807) is 0 Å². The molecule has 0 aromatic heterocycles. The van der Waals surface area contributed by atoms with Crippen molar-refractivity contribution >= 4 is 5.71 Å². The van der Waals surface area contributed by atoms with Crippen molar-refractivity contribution in [1.82, 2.24) is 0 Å². The van der Waals surface area contributed by atoms with Gasteiger partial charge in [-0.25, -0.2) is 0 Å². The minimum atomic E-state index is 0.582. The van der Waals surface area contributed by atoms with Crippen molar-refractivity contribution in [2.24, 2.45) is 11.1 Å². The van der Waals surface area contributed by atoms with E-state index in [1.807, 2.05) is 0 Å². The number of nitrogens with zero attached hydrogens (tertiary/aromatic N) is 1. The summed E-state index contributed by atoms with van der Waals surface area (Å²) in [7, 11) is 0. The summed E-state index contributed by atoms with van der Waals surface area (Å²) >= 11 is 0. The van der Waals surface area contributed by atoms with Crippen LogP contribution in [0, 0.1) is 5.92 Å². The summed E-state index contributed by atoms with van der Waals surface area (Å²) in [6, 6.07) is 0. The van der Waals surface area contributed by atoms with Gasteiger partial charge in [-0.2, -0.15) is 0 Å². The topological polar surface area (TPSA) is 32.6 Å². The lowest BCUT2D eigenvalue weighted by Crippen LogP contribution is -2.16. The monoisotopic (exact) mass is 155 g/mol. The van der Waals surface area contributed by atoms with Gasteiger partial charge >= 0.3 is 0 Å². The van der Waals surface area contributed by atoms with Crippen LogP contribution in [0.1, 0.15) is 45.4 Å². The van der Waals surface area contributed by atoms with Crippen molar-refractivity contribution in [3.8, 4) is 0 Å². The lowest BCUT2D eigenvalue weighted by Gasteiger charge is -2.21. The molecule has 0 aliphatic heterocycles. The van der Waals surface area contributed by atoms with Crippen molar-refractivity contribution < 1.29 is 5.21 Å². The molecule has 0 saturated heterocycles. The highest BCUT2D eigenvalue weighted by atomic mass is 16.4. The smallest absolute Gasteiger partial charge is 0.0598 e. The highest BCUT2D eigenvalue weighted by Gasteiger charge is 2.17. The Bertz CT molecular complexity index is 136. The maximum absolute atomic E-state index is 8.67. The third-order valence-corrected chi connectivity index (χ3v) is 2.57. The molecule has 1 N–H and O–H groups in total. The quantitative estimate of drug-likeness (QED) is 0.371. The predicted octanol–water partition coefficient (Wildman–Crippen LogP) is 2.81. The minimum absolute atomic E-state index is 0.582. The van der Waals surface area contributed by atoms with Crippen molar-refractivity contribution in [2.45, 2.75) is 45.4 Å². The number of rotatable bonds is 2. The average molecular weight is 155 g/mol. The third kappa shape index (κ3) is 2.21. The van der Waals surface area contributed by atoms with Crippen LogP contribution < -0.4 is 0 Å². The minimum Gasteiger partial charge on any atom is -0.411 e. The van der Waals surface area contributed by atoms with Crippen molar-refractivity contribution in [1.29, 1.82) is 0 Å². The molecule has 64 valence electrons. The Kier molecular flexibility index (Phi) is 3.40. The fourth-order valence-electron chi connectivity index (χ4n) is 1.88. The molecule has 0 aromatic carbocycles. The average Bonchev–Trinajstić information content (AvgIpc) is 2.09. The fourth-order valence-corrected chi connectivity index (χ4v) is 1.88. The molecule has 1 aliphatic carbocycles. The molecule has 2 heteroatoms. The largest absolute Gasteiger partial charge is 0.411 e. The lowest BCUT2D eigenvalue weighted by atomic mass is 9.85. The summed E-state index contributed by atoms with van der Waals surface area (Å²) in [5.74, 6) is 0.582. The Hall–Kier alpha value is -0.530. The molecule has 0 amide bonds. The molecule has 1 saturated carbocycles. The summed E-state index contributed by atoms with van der Waals surface area (Å²) in [5.41, 5.74) is 1.00. The second-order valence-electron chi connectivity index (χ2n) is 3.28. The lowest BCUT2D eigenvalue weighted by molar-refractivity contribution is 0.308. The highest BCUT2D eigenvalue weighted by molar-refractivity contribution is 5.85. The zero-order valence-corrected chi connectivity index (χ0v) is 7.21. The van der Waals surface area contributed by atoms with E-state index in [-0.39, 0.29) is 0 Å². The zero-order valence-electron chi connectivity index (χ0n) is 7.21. The molecule has 1 rings (SSSR count). The Morgan fingerprint density at radius 3 is 2.45 bits per heavy atom. The van der Waals surface area contributed by atoms with Crippen molar-refractivity contribution in [3.63, 3.8) is 0 Å². The Balaban J connectivity index is 2.43. The molecule has 1 fully saturated rings. The first kappa shape index (κ1) is 8.57. The van der Waals surface area contributed by atoms with Gasteiger partial charge in [0.15, 0.2) is 0 Å². The second kappa shape index (κ2) is 4.37. The molecule has 0 radical (unpaired) electrons. The SMILES string of the molecule is CCC(=NO)C1CCCCC1. The van der Waals surface area contributed by atoms with E-state index in [1.165, 1.54) is 32.1 Å². The van der Waals surface area contributed by atoms with Gasteiger partial charge in [0.05, 0.1) is 5.71 Å². The van der Waals surface area contributed by atoms with Crippen LogP contribution in [0.4, 0.5) is 0 Å².